The summed E-state index contributed by atoms with van der Waals surface area (Å²) in [7, 11) is 0. The Labute approximate surface area is 204 Å². The molecule has 0 unspecified atom stereocenters. The predicted molar refractivity (Wildman–Crippen MR) is 138 cm³/mol. The van der Waals surface area contributed by atoms with Gasteiger partial charge in [0.05, 0.1) is 6.42 Å². The largest absolute Gasteiger partial charge is 0.350 e. The molecule has 3 aromatic carbocycles. The Bertz CT molecular complexity index is 1100. The molecule has 0 radical (unpaired) electrons. The second-order valence-electron chi connectivity index (χ2n) is 10.1. The summed E-state index contributed by atoms with van der Waals surface area (Å²) in [6, 6.07) is 25.4. The first kappa shape index (κ1) is 25.2. The molecule has 4 nitrogen and oxygen atoms in total. The maximum Gasteiger partial charge on any atom is 0.243 e. The standard InChI is InChI=1S/C30H36N2O2/c1-22-14-16-25(17-15-22)21-32(28(33)20-26-13-9-10-23(2)18-26)27(29(34)31-30(3,4)5)19-24-11-7-6-8-12-24/h6-18,27H,19-21H2,1-5H3,(H,31,34)/t27-/m0/s1. The summed E-state index contributed by atoms with van der Waals surface area (Å²) >= 11 is 0. The minimum atomic E-state index is -0.625. The van der Waals surface area contributed by atoms with Crippen LogP contribution in [0.1, 0.15) is 48.6 Å². The van der Waals surface area contributed by atoms with Crippen molar-refractivity contribution < 1.29 is 9.59 Å². The number of hydrogen-bond donors (Lipinski definition) is 1. The van der Waals surface area contributed by atoms with Crippen LogP contribution in [-0.4, -0.2) is 28.3 Å². The highest BCUT2D eigenvalue weighted by molar-refractivity contribution is 5.89. The zero-order chi connectivity index (χ0) is 24.7. The Kier molecular flexibility index (Phi) is 8.27. The molecule has 2 amide bonds. The summed E-state index contributed by atoms with van der Waals surface area (Å²) in [5.74, 6) is -0.197. The Morgan fingerprint density at radius 3 is 2.06 bits per heavy atom. The van der Waals surface area contributed by atoms with E-state index < -0.39 is 11.6 Å². The molecule has 0 aliphatic heterocycles. The van der Waals surface area contributed by atoms with Gasteiger partial charge in [0.15, 0.2) is 0 Å². The van der Waals surface area contributed by atoms with E-state index in [-0.39, 0.29) is 18.2 Å². The number of benzene rings is 3. The lowest BCUT2D eigenvalue weighted by molar-refractivity contribution is -0.141. The molecule has 4 heteroatoms. The molecule has 1 N–H and O–H groups in total. The van der Waals surface area contributed by atoms with Crippen LogP contribution in [0.4, 0.5) is 0 Å². The van der Waals surface area contributed by atoms with Crippen LogP contribution in [0, 0.1) is 13.8 Å². The van der Waals surface area contributed by atoms with Crippen LogP contribution in [0.2, 0.25) is 0 Å². The van der Waals surface area contributed by atoms with Crippen LogP contribution < -0.4 is 5.32 Å². The van der Waals surface area contributed by atoms with E-state index in [2.05, 4.69) is 5.32 Å². The summed E-state index contributed by atoms with van der Waals surface area (Å²) < 4.78 is 0. The Morgan fingerprint density at radius 2 is 1.44 bits per heavy atom. The molecule has 0 aliphatic rings. The molecule has 0 aliphatic carbocycles. The van der Waals surface area contributed by atoms with E-state index in [0.29, 0.717) is 13.0 Å². The summed E-state index contributed by atoms with van der Waals surface area (Å²) in [5.41, 5.74) is 4.85. The number of nitrogens with one attached hydrogen (secondary N) is 1. The molecule has 3 aromatic rings. The first-order valence-electron chi connectivity index (χ1n) is 11.9. The van der Waals surface area contributed by atoms with E-state index in [1.165, 1.54) is 0 Å². The van der Waals surface area contributed by atoms with Crippen LogP contribution in [0.15, 0.2) is 78.9 Å². The third kappa shape index (κ3) is 7.58. The van der Waals surface area contributed by atoms with Crippen molar-refractivity contribution in [3.8, 4) is 0 Å². The van der Waals surface area contributed by atoms with Gasteiger partial charge in [0.1, 0.15) is 6.04 Å². The molecular formula is C30H36N2O2. The fourth-order valence-corrected chi connectivity index (χ4v) is 4.00. The van der Waals surface area contributed by atoms with E-state index in [9.17, 15) is 9.59 Å². The molecule has 178 valence electrons. The summed E-state index contributed by atoms with van der Waals surface area (Å²) in [6.07, 6.45) is 0.704. The van der Waals surface area contributed by atoms with E-state index >= 15 is 0 Å². The molecule has 0 saturated heterocycles. The molecule has 0 spiro atoms. The predicted octanol–water partition coefficient (Wildman–Crippen LogP) is 5.40. The van der Waals surface area contributed by atoms with Gasteiger partial charge in [0.2, 0.25) is 11.8 Å². The normalized spacial score (nSPS) is 12.1. The minimum absolute atomic E-state index is 0.0591. The molecule has 1 atom stereocenters. The molecule has 0 fully saturated rings. The SMILES string of the molecule is Cc1ccc(CN(C(=O)Cc2cccc(C)c2)[C@@H](Cc2ccccc2)C(=O)NC(C)(C)C)cc1. The van der Waals surface area contributed by atoms with Crippen LogP contribution in [0.25, 0.3) is 0 Å². The Morgan fingerprint density at radius 1 is 0.794 bits per heavy atom. The number of amides is 2. The lowest BCUT2D eigenvalue weighted by Gasteiger charge is -2.34. The van der Waals surface area contributed by atoms with Gasteiger partial charge in [-0.25, -0.2) is 0 Å². The van der Waals surface area contributed by atoms with Crippen LogP contribution in [0.5, 0.6) is 0 Å². The Balaban J connectivity index is 1.98. The van der Waals surface area contributed by atoms with Gasteiger partial charge >= 0.3 is 0 Å². The summed E-state index contributed by atoms with van der Waals surface area (Å²) in [5, 5.41) is 3.11. The first-order chi connectivity index (χ1) is 16.1. The molecule has 0 heterocycles. The van der Waals surface area contributed by atoms with Gasteiger partial charge in [-0.15, -0.1) is 0 Å². The van der Waals surface area contributed by atoms with Gasteiger partial charge in [-0.3, -0.25) is 9.59 Å². The number of aryl methyl sites for hydroxylation is 2. The summed E-state index contributed by atoms with van der Waals surface area (Å²) in [6.45, 7) is 10.3. The minimum Gasteiger partial charge on any atom is -0.350 e. The number of nitrogens with zero attached hydrogens (tertiary/aromatic N) is 1. The maximum absolute atomic E-state index is 13.7. The number of carbonyl (C=O) groups is 2. The van der Waals surface area contributed by atoms with E-state index in [4.69, 9.17) is 0 Å². The topological polar surface area (TPSA) is 49.4 Å². The highest BCUT2D eigenvalue weighted by Gasteiger charge is 2.32. The maximum atomic E-state index is 13.7. The lowest BCUT2D eigenvalue weighted by Crippen LogP contribution is -2.54. The second-order valence-corrected chi connectivity index (χ2v) is 10.1. The molecular weight excluding hydrogens is 420 g/mol. The fourth-order valence-electron chi connectivity index (χ4n) is 4.00. The van der Waals surface area contributed by atoms with Gasteiger partial charge in [-0.1, -0.05) is 90.0 Å². The number of rotatable bonds is 8. The van der Waals surface area contributed by atoms with Gasteiger partial charge < -0.3 is 10.2 Å². The lowest BCUT2D eigenvalue weighted by atomic mass is 9.99. The van der Waals surface area contributed by atoms with Crippen LogP contribution in [-0.2, 0) is 29.0 Å². The Hall–Kier alpha value is -3.40. The van der Waals surface area contributed by atoms with Crippen molar-refractivity contribution in [1.82, 2.24) is 10.2 Å². The van der Waals surface area contributed by atoms with Crippen molar-refractivity contribution in [2.75, 3.05) is 0 Å². The highest BCUT2D eigenvalue weighted by Crippen LogP contribution is 2.18. The van der Waals surface area contributed by atoms with Crippen molar-refractivity contribution in [2.45, 2.75) is 65.6 Å². The molecule has 0 bridgehead atoms. The van der Waals surface area contributed by atoms with E-state index in [0.717, 1.165) is 27.8 Å². The fraction of sp³-hybridized carbons (Fsp3) is 0.333. The third-order valence-corrected chi connectivity index (χ3v) is 5.68. The van der Waals surface area contributed by atoms with Crippen LogP contribution >= 0.6 is 0 Å². The van der Waals surface area contributed by atoms with E-state index in [1.54, 1.807) is 4.90 Å². The van der Waals surface area contributed by atoms with Gasteiger partial charge in [0.25, 0.3) is 0 Å². The second kappa shape index (κ2) is 11.1. The summed E-state index contributed by atoms with van der Waals surface area (Å²) in [4.78, 5) is 29.0. The third-order valence-electron chi connectivity index (χ3n) is 5.68. The van der Waals surface area contributed by atoms with Gasteiger partial charge in [-0.2, -0.15) is 0 Å². The van der Waals surface area contributed by atoms with Crippen molar-refractivity contribution in [3.05, 3.63) is 107 Å². The number of hydrogen-bond acceptors (Lipinski definition) is 2. The van der Waals surface area contributed by atoms with Crippen LogP contribution in [0.3, 0.4) is 0 Å². The van der Waals surface area contributed by atoms with Gasteiger partial charge in [-0.05, 0) is 51.3 Å². The zero-order valence-corrected chi connectivity index (χ0v) is 21.0. The molecule has 0 saturated carbocycles. The average Bonchev–Trinajstić information content (AvgIpc) is 2.77. The highest BCUT2D eigenvalue weighted by atomic mass is 16.2. The smallest absolute Gasteiger partial charge is 0.243 e. The zero-order valence-electron chi connectivity index (χ0n) is 21.0. The van der Waals surface area contributed by atoms with E-state index in [1.807, 2.05) is 113 Å². The van der Waals surface area contributed by atoms with Crippen molar-refractivity contribution in [1.29, 1.82) is 0 Å². The molecule has 3 rings (SSSR count). The first-order valence-corrected chi connectivity index (χ1v) is 11.9. The molecule has 34 heavy (non-hydrogen) atoms. The quantitative estimate of drug-likeness (QED) is 0.493. The number of carbonyl (C=O) groups excluding carboxylic acids is 2. The van der Waals surface area contributed by atoms with Crippen molar-refractivity contribution >= 4 is 11.8 Å². The van der Waals surface area contributed by atoms with Gasteiger partial charge in [0, 0.05) is 18.5 Å². The average molecular weight is 457 g/mol. The monoisotopic (exact) mass is 456 g/mol. The van der Waals surface area contributed by atoms with Crippen molar-refractivity contribution in [3.63, 3.8) is 0 Å². The molecule has 0 aromatic heterocycles. The van der Waals surface area contributed by atoms with Crippen molar-refractivity contribution in [2.24, 2.45) is 0 Å².